The third-order valence-corrected chi connectivity index (χ3v) is 6.00. The van der Waals surface area contributed by atoms with Crippen LogP contribution in [0.15, 0.2) is 12.4 Å². The summed E-state index contributed by atoms with van der Waals surface area (Å²) in [6.07, 6.45) is 6.62. The van der Waals surface area contributed by atoms with Gasteiger partial charge in [0, 0.05) is 37.7 Å². The second-order valence-electron chi connectivity index (χ2n) is 7.89. The van der Waals surface area contributed by atoms with Gasteiger partial charge in [-0.15, -0.1) is 0 Å². The lowest BCUT2D eigenvalue weighted by atomic mass is 9.54. The zero-order chi connectivity index (χ0) is 17.5. The summed E-state index contributed by atoms with van der Waals surface area (Å²) in [5.41, 5.74) is 6.55. The van der Waals surface area contributed by atoms with Crippen LogP contribution in [0.25, 0.3) is 0 Å². The van der Waals surface area contributed by atoms with Crippen molar-refractivity contribution in [3.05, 3.63) is 18.0 Å². The lowest BCUT2D eigenvalue weighted by molar-refractivity contribution is -0.180. The predicted molar refractivity (Wildman–Crippen MR) is 92.5 cm³/mol. The van der Waals surface area contributed by atoms with Crippen molar-refractivity contribution < 1.29 is 9.53 Å². The Morgan fingerprint density at radius 3 is 2.83 bits per heavy atom. The van der Waals surface area contributed by atoms with Gasteiger partial charge in [-0.05, 0) is 32.3 Å². The van der Waals surface area contributed by atoms with E-state index in [1.54, 1.807) is 0 Å². The quantitative estimate of drug-likeness (QED) is 0.912. The highest BCUT2D eigenvalue weighted by molar-refractivity contribution is 5.89. The Bertz CT molecular complexity index is 612. The molecule has 0 aromatic carbocycles. The number of aryl methyl sites for hydroxylation is 1. The van der Waals surface area contributed by atoms with Crippen LogP contribution in [0.3, 0.4) is 0 Å². The minimum Gasteiger partial charge on any atom is -0.378 e. The molecule has 0 radical (unpaired) electrons. The minimum absolute atomic E-state index is 0.0609. The molecule has 3 rings (SSSR count). The SMILES string of the molecule is CCOC1CC(N)(C(=O)N2CCCC(n3cc(C)cn3)C2)C1(C)C. The molecule has 0 bridgehead atoms. The molecule has 2 heterocycles. The summed E-state index contributed by atoms with van der Waals surface area (Å²) in [5.74, 6) is 0.0667. The van der Waals surface area contributed by atoms with Crippen LogP contribution in [-0.2, 0) is 9.53 Å². The lowest BCUT2D eigenvalue weighted by Crippen LogP contribution is -2.76. The number of hydrogen-bond donors (Lipinski definition) is 1. The molecule has 1 saturated heterocycles. The molecule has 6 heteroatoms. The molecular formula is C18H30N4O2. The van der Waals surface area contributed by atoms with E-state index in [9.17, 15) is 4.79 Å². The Balaban J connectivity index is 1.71. The number of ether oxygens (including phenoxy) is 1. The van der Waals surface area contributed by atoms with E-state index in [1.165, 1.54) is 0 Å². The summed E-state index contributed by atoms with van der Waals surface area (Å²) in [6, 6.07) is 0.242. The molecule has 134 valence electrons. The van der Waals surface area contributed by atoms with Gasteiger partial charge in [0.25, 0.3) is 0 Å². The smallest absolute Gasteiger partial charge is 0.243 e. The lowest BCUT2D eigenvalue weighted by Gasteiger charge is -2.59. The van der Waals surface area contributed by atoms with Gasteiger partial charge < -0.3 is 15.4 Å². The number of carbonyl (C=O) groups is 1. The predicted octanol–water partition coefficient (Wildman–Crippen LogP) is 1.89. The number of nitrogens with zero attached hydrogens (tertiary/aromatic N) is 3. The van der Waals surface area contributed by atoms with E-state index < -0.39 is 5.54 Å². The van der Waals surface area contributed by atoms with Gasteiger partial charge in [-0.3, -0.25) is 9.48 Å². The number of likely N-dealkylation sites (tertiary alicyclic amines) is 1. The Morgan fingerprint density at radius 2 is 2.25 bits per heavy atom. The summed E-state index contributed by atoms with van der Waals surface area (Å²) in [4.78, 5) is 15.1. The molecule has 24 heavy (non-hydrogen) atoms. The average molecular weight is 334 g/mol. The highest BCUT2D eigenvalue weighted by Gasteiger charge is 2.63. The van der Waals surface area contributed by atoms with Crippen LogP contribution in [0.1, 0.15) is 51.6 Å². The van der Waals surface area contributed by atoms with Crippen LogP contribution < -0.4 is 5.73 Å². The monoisotopic (exact) mass is 334 g/mol. The molecule has 0 spiro atoms. The zero-order valence-electron chi connectivity index (χ0n) is 15.3. The Labute approximate surface area is 144 Å². The average Bonchev–Trinajstić information content (AvgIpc) is 3.00. The summed E-state index contributed by atoms with van der Waals surface area (Å²) in [7, 11) is 0. The van der Waals surface area contributed by atoms with Gasteiger partial charge in [0.2, 0.25) is 5.91 Å². The number of piperidine rings is 1. The number of nitrogens with two attached hydrogens (primary N) is 1. The van der Waals surface area contributed by atoms with Crippen molar-refractivity contribution in [3.8, 4) is 0 Å². The van der Waals surface area contributed by atoms with Crippen molar-refractivity contribution in [2.45, 2.75) is 64.6 Å². The highest BCUT2D eigenvalue weighted by atomic mass is 16.5. The van der Waals surface area contributed by atoms with Crippen LogP contribution in [0, 0.1) is 12.3 Å². The fourth-order valence-electron chi connectivity index (χ4n) is 4.07. The number of carbonyl (C=O) groups excluding carboxylic acids is 1. The van der Waals surface area contributed by atoms with Crippen molar-refractivity contribution >= 4 is 5.91 Å². The van der Waals surface area contributed by atoms with Gasteiger partial charge in [-0.25, -0.2) is 0 Å². The molecule has 1 aliphatic heterocycles. The van der Waals surface area contributed by atoms with Gasteiger partial charge >= 0.3 is 0 Å². The van der Waals surface area contributed by atoms with Crippen molar-refractivity contribution in [1.29, 1.82) is 0 Å². The molecule has 3 unspecified atom stereocenters. The van der Waals surface area contributed by atoms with E-state index in [0.29, 0.717) is 19.6 Å². The van der Waals surface area contributed by atoms with Crippen LogP contribution in [0.4, 0.5) is 0 Å². The maximum atomic E-state index is 13.2. The van der Waals surface area contributed by atoms with Crippen molar-refractivity contribution in [3.63, 3.8) is 0 Å². The third kappa shape index (κ3) is 2.65. The highest BCUT2D eigenvalue weighted by Crippen LogP contribution is 2.50. The van der Waals surface area contributed by atoms with Gasteiger partial charge in [-0.1, -0.05) is 13.8 Å². The fraction of sp³-hybridized carbons (Fsp3) is 0.778. The van der Waals surface area contributed by atoms with E-state index in [-0.39, 0.29) is 23.5 Å². The van der Waals surface area contributed by atoms with E-state index >= 15 is 0 Å². The minimum atomic E-state index is -0.825. The van der Waals surface area contributed by atoms with E-state index in [2.05, 4.69) is 11.3 Å². The fourth-order valence-corrected chi connectivity index (χ4v) is 4.07. The first-order valence-corrected chi connectivity index (χ1v) is 9.00. The molecule has 2 N–H and O–H groups in total. The van der Waals surface area contributed by atoms with Crippen LogP contribution in [-0.4, -0.2) is 51.9 Å². The number of hydrogen-bond acceptors (Lipinski definition) is 4. The molecule has 1 saturated carbocycles. The van der Waals surface area contributed by atoms with Crippen LogP contribution in [0.2, 0.25) is 0 Å². The molecule has 1 amide bonds. The third-order valence-electron chi connectivity index (χ3n) is 6.00. The number of rotatable bonds is 4. The zero-order valence-corrected chi connectivity index (χ0v) is 15.3. The van der Waals surface area contributed by atoms with Crippen molar-refractivity contribution in [2.24, 2.45) is 11.1 Å². The van der Waals surface area contributed by atoms with Crippen LogP contribution >= 0.6 is 0 Å². The molecule has 2 aliphatic rings. The Hall–Kier alpha value is -1.40. The van der Waals surface area contributed by atoms with Gasteiger partial charge in [-0.2, -0.15) is 5.10 Å². The molecule has 3 atom stereocenters. The second kappa shape index (κ2) is 6.15. The first kappa shape index (κ1) is 17.4. The molecule has 1 aromatic heterocycles. The van der Waals surface area contributed by atoms with Gasteiger partial charge in [0.05, 0.1) is 18.3 Å². The van der Waals surface area contributed by atoms with E-state index in [4.69, 9.17) is 10.5 Å². The number of amides is 1. The molecule has 1 aliphatic carbocycles. The molecule has 2 fully saturated rings. The van der Waals surface area contributed by atoms with Gasteiger partial charge in [0.1, 0.15) is 5.54 Å². The Morgan fingerprint density at radius 1 is 1.50 bits per heavy atom. The maximum Gasteiger partial charge on any atom is 0.243 e. The molecular weight excluding hydrogens is 304 g/mol. The van der Waals surface area contributed by atoms with Crippen LogP contribution in [0.5, 0.6) is 0 Å². The van der Waals surface area contributed by atoms with E-state index in [1.807, 2.05) is 43.5 Å². The topological polar surface area (TPSA) is 73.4 Å². The second-order valence-corrected chi connectivity index (χ2v) is 7.89. The summed E-state index contributed by atoms with van der Waals surface area (Å²) < 4.78 is 7.75. The van der Waals surface area contributed by atoms with Crippen molar-refractivity contribution in [2.75, 3.05) is 19.7 Å². The van der Waals surface area contributed by atoms with E-state index in [0.717, 1.165) is 24.9 Å². The standard InChI is InChI=1S/C18H30N4O2/c1-5-24-15-9-18(19,17(15,3)4)16(23)21-8-6-7-14(12-21)22-11-13(2)10-20-22/h10-11,14-15H,5-9,12,19H2,1-4H3. The summed E-state index contributed by atoms with van der Waals surface area (Å²) in [6.45, 7) is 10.2. The van der Waals surface area contributed by atoms with Crippen molar-refractivity contribution in [1.82, 2.24) is 14.7 Å². The summed E-state index contributed by atoms with van der Waals surface area (Å²) >= 11 is 0. The van der Waals surface area contributed by atoms with Gasteiger partial charge in [0.15, 0.2) is 0 Å². The largest absolute Gasteiger partial charge is 0.378 e. The normalized spacial score (nSPS) is 32.5. The molecule has 6 nitrogen and oxygen atoms in total. The maximum absolute atomic E-state index is 13.2. The number of aromatic nitrogens is 2. The molecule has 1 aromatic rings. The Kier molecular flexibility index (Phi) is 4.47. The summed E-state index contributed by atoms with van der Waals surface area (Å²) in [5, 5.41) is 4.42. The first-order valence-electron chi connectivity index (χ1n) is 9.00. The first-order chi connectivity index (χ1) is 11.3.